The van der Waals surface area contributed by atoms with E-state index < -0.39 is 6.10 Å². The molecule has 1 aromatic heterocycles. The van der Waals surface area contributed by atoms with Gasteiger partial charge in [-0.3, -0.25) is 4.90 Å². The Morgan fingerprint density at radius 3 is 2.86 bits per heavy atom. The Balaban J connectivity index is 1.85. The van der Waals surface area contributed by atoms with E-state index in [9.17, 15) is 5.11 Å². The summed E-state index contributed by atoms with van der Waals surface area (Å²) in [6, 6.07) is 3.39. The van der Waals surface area contributed by atoms with Gasteiger partial charge >= 0.3 is 0 Å². The summed E-state index contributed by atoms with van der Waals surface area (Å²) in [4.78, 5) is 6.29. The molecule has 0 radical (unpaired) electrons. The molecule has 7 heteroatoms. The third-order valence-electron chi connectivity index (χ3n) is 3.98. The van der Waals surface area contributed by atoms with Crippen molar-refractivity contribution in [2.24, 2.45) is 0 Å². The lowest BCUT2D eigenvalue weighted by Gasteiger charge is -2.26. The highest BCUT2D eigenvalue weighted by atomic mass is 35.5. The van der Waals surface area contributed by atoms with Gasteiger partial charge in [0.05, 0.1) is 18.7 Å². The number of aliphatic hydroxyl groups is 1. The second-order valence-corrected chi connectivity index (χ2v) is 6.39. The van der Waals surface area contributed by atoms with Crippen LogP contribution < -0.4 is 0 Å². The number of hydrogen-bond acceptors (Lipinski definition) is 5. The van der Waals surface area contributed by atoms with Crippen LogP contribution in [0.2, 0.25) is 10.0 Å². The van der Waals surface area contributed by atoms with Crippen molar-refractivity contribution in [1.29, 1.82) is 0 Å². The van der Waals surface area contributed by atoms with E-state index in [0.717, 1.165) is 17.5 Å². The topological polar surface area (TPSA) is 62.4 Å². The van der Waals surface area contributed by atoms with Crippen molar-refractivity contribution < 1.29 is 9.63 Å². The van der Waals surface area contributed by atoms with Gasteiger partial charge in [-0.25, -0.2) is 0 Å². The maximum Gasteiger partial charge on any atom is 0.240 e. The van der Waals surface area contributed by atoms with Crippen molar-refractivity contribution in [2.45, 2.75) is 38.5 Å². The smallest absolute Gasteiger partial charge is 0.240 e. The Bertz CT molecular complexity index is 689. The van der Waals surface area contributed by atoms with E-state index in [4.69, 9.17) is 27.7 Å². The Morgan fingerprint density at radius 2 is 2.18 bits per heavy atom. The number of likely N-dealkylation sites (N-methyl/N-ethyl adjacent to an activating group) is 1. The minimum atomic E-state index is -0.537. The quantitative estimate of drug-likeness (QED) is 0.925. The molecule has 0 fully saturated rings. The molecular formula is C15H17Cl2N3O2. The average Bonchev–Trinajstić information content (AvgIpc) is 3.02. The summed E-state index contributed by atoms with van der Waals surface area (Å²) in [7, 11) is 1.91. The summed E-state index contributed by atoms with van der Waals surface area (Å²) in [6.45, 7) is 2.43. The molecule has 0 saturated heterocycles. The van der Waals surface area contributed by atoms with E-state index in [2.05, 4.69) is 10.1 Å². The van der Waals surface area contributed by atoms with Crippen LogP contribution in [0.15, 0.2) is 16.7 Å². The second kappa shape index (κ2) is 6.16. The highest BCUT2D eigenvalue weighted by molar-refractivity contribution is 6.35. The van der Waals surface area contributed by atoms with Crippen LogP contribution in [0.5, 0.6) is 0 Å². The average molecular weight is 342 g/mol. The fourth-order valence-corrected chi connectivity index (χ4v) is 3.56. The fraction of sp³-hybridized carbons (Fsp3) is 0.467. The van der Waals surface area contributed by atoms with Crippen molar-refractivity contribution in [2.75, 3.05) is 7.05 Å². The van der Waals surface area contributed by atoms with Gasteiger partial charge in [0.2, 0.25) is 5.89 Å². The molecule has 0 bridgehead atoms. The van der Waals surface area contributed by atoms with Crippen molar-refractivity contribution in [1.82, 2.24) is 15.0 Å². The first kappa shape index (κ1) is 15.7. The number of nitrogens with zero attached hydrogens (tertiary/aromatic N) is 3. The molecule has 0 spiro atoms. The lowest BCUT2D eigenvalue weighted by Crippen LogP contribution is -2.30. The van der Waals surface area contributed by atoms with Crippen LogP contribution in [0, 0.1) is 0 Å². The van der Waals surface area contributed by atoms with Crippen molar-refractivity contribution in [3.63, 3.8) is 0 Å². The molecule has 118 valence electrons. The van der Waals surface area contributed by atoms with Gasteiger partial charge in [0.15, 0.2) is 5.82 Å². The number of halogens is 2. The first-order chi connectivity index (χ1) is 10.5. The molecule has 1 N–H and O–H groups in total. The van der Waals surface area contributed by atoms with Gasteiger partial charge in [0.25, 0.3) is 0 Å². The van der Waals surface area contributed by atoms with Gasteiger partial charge in [-0.1, -0.05) is 35.3 Å². The Morgan fingerprint density at radius 1 is 1.41 bits per heavy atom. The molecule has 2 atom stereocenters. The van der Waals surface area contributed by atoms with Crippen LogP contribution in [-0.2, 0) is 19.4 Å². The largest absolute Gasteiger partial charge is 0.391 e. The first-order valence-corrected chi connectivity index (χ1v) is 7.92. The number of rotatable bonds is 4. The number of fused-ring (bicyclic) bond motifs is 1. The number of aryl methyl sites for hydroxylation is 1. The molecule has 22 heavy (non-hydrogen) atoms. The van der Waals surface area contributed by atoms with Crippen LogP contribution in [0.1, 0.15) is 35.8 Å². The van der Waals surface area contributed by atoms with Gasteiger partial charge in [0.1, 0.15) is 0 Å². The standard InChI is InChI=1S/C15H17Cl2N3O2/c1-3-13-18-14(22-19-13)7-20(2)15-10-4-8(16)5-11(17)9(10)6-12(15)21/h4-5,12,15,21H,3,6-7H2,1-2H3/t12-,15+/m0/s1. The van der Waals surface area contributed by atoms with Gasteiger partial charge < -0.3 is 9.63 Å². The van der Waals surface area contributed by atoms with Gasteiger partial charge in [-0.05, 0) is 30.3 Å². The zero-order chi connectivity index (χ0) is 15.9. The molecule has 1 aliphatic rings. The van der Waals surface area contributed by atoms with Gasteiger partial charge in [0, 0.05) is 22.9 Å². The lowest BCUT2D eigenvalue weighted by molar-refractivity contribution is 0.0667. The number of benzene rings is 1. The fourth-order valence-electron chi connectivity index (χ4n) is 2.97. The van der Waals surface area contributed by atoms with E-state index in [1.165, 1.54) is 0 Å². The maximum absolute atomic E-state index is 10.4. The summed E-state index contributed by atoms with van der Waals surface area (Å²) in [5.41, 5.74) is 1.91. The number of aromatic nitrogens is 2. The summed E-state index contributed by atoms with van der Waals surface area (Å²) >= 11 is 12.3. The summed E-state index contributed by atoms with van der Waals surface area (Å²) in [6.07, 6.45) is 0.710. The molecule has 0 unspecified atom stereocenters. The van der Waals surface area contributed by atoms with E-state index in [1.807, 2.05) is 24.9 Å². The molecule has 0 aliphatic heterocycles. The van der Waals surface area contributed by atoms with E-state index in [1.54, 1.807) is 6.07 Å². The summed E-state index contributed by atoms with van der Waals surface area (Å²) in [5.74, 6) is 1.22. The Hall–Kier alpha value is -1.14. The molecule has 1 aliphatic carbocycles. The summed E-state index contributed by atoms with van der Waals surface area (Å²) < 4.78 is 5.22. The third-order valence-corrected chi connectivity index (χ3v) is 4.53. The maximum atomic E-state index is 10.4. The predicted molar refractivity (Wildman–Crippen MR) is 84.1 cm³/mol. The molecular weight excluding hydrogens is 325 g/mol. The minimum Gasteiger partial charge on any atom is -0.391 e. The minimum absolute atomic E-state index is 0.192. The zero-order valence-corrected chi connectivity index (χ0v) is 13.9. The molecule has 3 rings (SSSR count). The summed E-state index contributed by atoms with van der Waals surface area (Å²) in [5, 5.41) is 15.5. The van der Waals surface area contributed by atoms with Crippen molar-refractivity contribution in [3.8, 4) is 0 Å². The van der Waals surface area contributed by atoms with Crippen molar-refractivity contribution >= 4 is 23.2 Å². The SMILES string of the molecule is CCc1noc(CN(C)[C@@H]2c3cc(Cl)cc(Cl)c3C[C@@H]2O)n1. The number of hydrogen-bond donors (Lipinski definition) is 1. The highest BCUT2D eigenvalue weighted by Crippen LogP contribution is 2.41. The van der Waals surface area contributed by atoms with Crippen LogP contribution >= 0.6 is 23.2 Å². The third kappa shape index (κ3) is 2.86. The van der Waals surface area contributed by atoms with E-state index in [-0.39, 0.29) is 6.04 Å². The van der Waals surface area contributed by atoms with Gasteiger partial charge in [-0.15, -0.1) is 0 Å². The molecule has 5 nitrogen and oxygen atoms in total. The molecule has 0 saturated carbocycles. The van der Waals surface area contributed by atoms with E-state index >= 15 is 0 Å². The molecule has 0 amide bonds. The Kier molecular flexibility index (Phi) is 4.41. The molecule has 1 heterocycles. The predicted octanol–water partition coefficient (Wildman–Crippen LogP) is 3.03. The van der Waals surface area contributed by atoms with Crippen LogP contribution in [-0.4, -0.2) is 33.3 Å². The first-order valence-electron chi connectivity index (χ1n) is 7.17. The van der Waals surface area contributed by atoms with Crippen LogP contribution in [0.4, 0.5) is 0 Å². The monoisotopic (exact) mass is 341 g/mol. The van der Waals surface area contributed by atoms with Crippen LogP contribution in [0.3, 0.4) is 0 Å². The van der Waals surface area contributed by atoms with Crippen LogP contribution in [0.25, 0.3) is 0 Å². The molecule has 2 aromatic rings. The highest BCUT2D eigenvalue weighted by Gasteiger charge is 2.36. The lowest BCUT2D eigenvalue weighted by atomic mass is 10.1. The number of aliphatic hydroxyl groups excluding tert-OH is 1. The Labute approximate surface area is 138 Å². The zero-order valence-electron chi connectivity index (χ0n) is 12.4. The normalized spacial score (nSPS) is 20.6. The van der Waals surface area contributed by atoms with Crippen molar-refractivity contribution in [3.05, 3.63) is 45.0 Å². The molecule has 1 aromatic carbocycles. The van der Waals surface area contributed by atoms with E-state index in [0.29, 0.717) is 34.7 Å². The van der Waals surface area contributed by atoms with Gasteiger partial charge in [-0.2, -0.15) is 4.98 Å². The second-order valence-electron chi connectivity index (χ2n) is 5.54.